The molecule has 2 fully saturated rings. The van der Waals surface area contributed by atoms with Crippen molar-refractivity contribution >= 4 is 17.9 Å². The highest BCUT2D eigenvalue weighted by molar-refractivity contribution is 6.03. The maximum absolute atomic E-state index is 14.1. The number of aliphatic hydroxyl groups is 2. The van der Waals surface area contributed by atoms with Crippen LogP contribution in [0.4, 0.5) is 0 Å². The molecule has 0 radical (unpaired) electrons. The maximum Gasteiger partial charge on any atom is 0.239 e. The Morgan fingerprint density at radius 2 is 1.74 bits per heavy atom. The van der Waals surface area contributed by atoms with Crippen molar-refractivity contribution in [1.82, 2.24) is 4.90 Å². The van der Waals surface area contributed by atoms with Crippen LogP contribution < -0.4 is 14.2 Å². The molecule has 1 heterocycles. The maximum atomic E-state index is 14.1. The summed E-state index contributed by atoms with van der Waals surface area (Å²) in [5.74, 6) is 0.416. The second kappa shape index (κ2) is 18.7. The summed E-state index contributed by atoms with van der Waals surface area (Å²) >= 11 is 0. The monoisotopic (exact) mass is 792 g/mol. The molecule has 3 aliphatic carbocycles. The molecule has 7 rings (SSSR count). The van der Waals surface area contributed by atoms with E-state index in [1.165, 1.54) is 7.11 Å². The van der Waals surface area contributed by atoms with Crippen molar-refractivity contribution in [2.75, 3.05) is 34.0 Å². The molecule has 6 unspecified atom stereocenters. The van der Waals surface area contributed by atoms with Crippen LogP contribution >= 0.6 is 0 Å². The van der Waals surface area contributed by atoms with Crippen LogP contribution in [-0.2, 0) is 21.0 Å². The summed E-state index contributed by atoms with van der Waals surface area (Å²) in [6, 6.07) is 20.3. The lowest BCUT2D eigenvalue weighted by Gasteiger charge is -2.59. The number of likely N-dealkylation sites (N-methyl/N-ethyl adjacent to an activating group) is 1. The standard InChI is InChI=1S/C47H56N2O9/c1-4-24-55-47-43(49(2)46(53)32-16-17-32)28-40(48-56-30-31-12-6-5-7-13-31)38-26-33(14-8-10-22-50)37(15-9-11-23-51)44(45(38)47)39-27-36(19-21-42(39)58-47)57-35-18-20-41(54-3)34(25-35)29-52/h4-7,12-13,18-21,25-27,29,32-33,37,43-45,50-51H,1,8-11,14-17,22-24,28,30H2,2-3H3. The highest BCUT2D eigenvalue weighted by Gasteiger charge is 2.65. The van der Waals surface area contributed by atoms with Gasteiger partial charge in [-0.05, 0) is 97.9 Å². The van der Waals surface area contributed by atoms with Gasteiger partial charge in [0.2, 0.25) is 11.7 Å². The number of unbranched alkanes of at least 4 members (excludes halogenated alkanes) is 2. The lowest BCUT2D eigenvalue weighted by atomic mass is 9.55. The van der Waals surface area contributed by atoms with Crippen molar-refractivity contribution in [3.8, 4) is 23.0 Å². The van der Waals surface area contributed by atoms with Crippen molar-refractivity contribution in [3.63, 3.8) is 0 Å². The topological polar surface area (TPSA) is 136 Å². The number of fused-ring (bicyclic) bond motifs is 2. The fourth-order valence-corrected chi connectivity index (χ4v) is 9.33. The Labute approximate surface area is 341 Å². The highest BCUT2D eigenvalue weighted by atomic mass is 16.7. The van der Waals surface area contributed by atoms with Gasteiger partial charge in [-0.15, -0.1) is 6.58 Å². The second-order valence-electron chi connectivity index (χ2n) is 15.9. The Morgan fingerprint density at radius 3 is 2.45 bits per heavy atom. The zero-order chi connectivity index (χ0) is 40.6. The van der Waals surface area contributed by atoms with Gasteiger partial charge >= 0.3 is 0 Å². The van der Waals surface area contributed by atoms with Gasteiger partial charge in [-0.1, -0.05) is 60.5 Å². The van der Waals surface area contributed by atoms with Crippen LogP contribution in [0.15, 0.2) is 96.2 Å². The van der Waals surface area contributed by atoms with Gasteiger partial charge in [-0.2, -0.15) is 0 Å². The van der Waals surface area contributed by atoms with Crippen LogP contribution in [0.5, 0.6) is 23.0 Å². The van der Waals surface area contributed by atoms with E-state index in [0.29, 0.717) is 47.8 Å². The fourth-order valence-electron chi connectivity index (χ4n) is 9.33. The number of carbonyl (C=O) groups is 2. The van der Waals surface area contributed by atoms with Gasteiger partial charge in [0, 0.05) is 44.1 Å². The molecule has 11 nitrogen and oxygen atoms in total. The minimum Gasteiger partial charge on any atom is -0.496 e. The summed E-state index contributed by atoms with van der Waals surface area (Å²) in [5, 5.41) is 24.7. The number of rotatable bonds is 20. The molecule has 4 aliphatic rings. The lowest BCUT2D eigenvalue weighted by Crippen LogP contribution is -2.69. The molecule has 1 amide bonds. The first-order valence-corrected chi connectivity index (χ1v) is 20.7. The smallest absolute Gasteiger partial charge is 0.239 e. The minimum atomic E-state index is -1.31. The molecular formula is C47H56N2O9. The zero-order valence-corrected chi connectivity index (χ0v) is 33.6. The van der Waals surface area contributed by atoms with Crippen LogP contribution in [0.1, 0.15) is 85.2 Å². The van der Waals surface area contributed by atoms with Gasteiger partial charge in [0.1, 0.15) is 35.6 Å². The Bertz CT molecular complexity index is 1980. The third kappa shape index (κ3) is 8.58. The van der Waals surface area contributed by atoms with E-state index in [1.807, 2.05) is 60.5 Å². The van der Waals surface area contributed by atoms with Crippen molar-refractivity contribution in [3.05, 3.63) is 108 Å². The van der Waals surface area contributed by atoms with E-state index < -0.39 is 17.7 Å². The Kier molecular flexibility index (Phi) is 13.3. The van der Waals surface area contributed by atoms with Crippen molar-refractivity contribution < 1.29 is 43.6 Å². The van der Waals surface area contributed by atoms with Crippen LogP contribution in [0, 0.1) is 23.7 Å². The molecule has 1 aliphatic heterocycles. The number of methoxy groups -OCH3 is 1. The largest absolute Gasteiger partial charge is 0.496 e. The first kappa shape index (κ1) is 41.2. The summed E-state index contributed by atoms with van der Waals surface area (Å²) in [6.45, 7) is 4.69. The van der Waals surface area contributed by atoms with E-state index in [2.05, 4.69) is 12.7 Å². The molecule has 3 aromatic rings. The fraction of sp³-hybridized carbons (Fsp3) is 0.468. The molecule has 6 atom stereocenters. The molecule has 0 saturated heterocycles. The minimum absolute atomic E-state index is 0.0364. The Balaban J connectivity index is 1.40. The van der Waals surface area contributed by atoms with Crippen molar-refractivity contribution in [2.24, 2.45) is 28.8 Å². The number of amides is 1. The lowest BCUT2D eigenvalue weighted by molar-refractivity contribution is -0.255. The third-order valence-corrected chi connectivity index (χ3v) is 12.2. The summed E-state index contributed by atoms with van der Waals surface area (Å²) in [7, 11) is 3.38. The predicted octanol–water partition coefficient (Wildman–Crippen LogP) is 8.00. The van der Waals surface area contributed by atoms with E-state index in [1.54, 1.807) is 24.3 Å². The SMILES string of the molecule is C=CCOC12Oc3ccc(Oc4ccc(OC)c(C=O)c4)cc3C3C(CCCCO)C(CCCCO)C=C(C(=NOCc4ccccc4)CC1N(C)C(=O)C1CC1)C32. The zero-order valence-electron chi connectivity index (χ0n) is 33.6. The number of hydrogen-bond donors (Lipinski definition) is 2. The van der Waals surface area contributed by atoms with E-state index in [0.717, 1.165) is 67.2 Å². The van der Waals surface area contributed by atoms with E-state index in [4.69, 9.17) is 28.9 Å². The number of oxime groups is 1. The average molecular weight is 793 g/mol. The molecule has 58 heavy (non-hydrogen) atoms. The molecule has 2 N–H and O–H groups in total. The van der Waals surface area contributed by atoms with Gasteiger partial charge in [-0.3, -0.25) is 9.59 Å². The average Bonchev–Trinajstić information content (AvgIpc) is 4.10. The molecule has 3 aromatic carbocycles. The van der Waals surface area contributed by atoms with Crippen LogP contribution in [0.3, 0.4) is 0 Å². The third-order valence-electron chi connectivity index (χ3n) is 12.2. The second-order valence-corrected chi connectivity index (χ2v) is 15.9. The van der Waals surface area contributed by atoms with Gasteiger partial charge < -0.3 is 38.9 Å². The van der Waals surface area contributed by atoms with Crippen LogP contribution in [0.2, 0.25) is 0 Å². The van der Waals surface area contributed by atoms with Crippen molar-refractivity contribution in [2.45, 2.75) is 82.1 Å². The summed E-state index contributed by atoms with van der Waals surface area (Å²) in [6.07, 6.45) is 11.5. The molecule has 2 saturated carbocycles. The predicted molar refractivity (Wildman–Crippen MR) is 220 cm³/mol. The molecule has 11 heteroatoms. The molecular weight excluding hydrogens is 737 g/mol. The number of hydrogen-bond acceptors (Lipinski definition) is 10. The molecule has 0 spiro atoms. The Morgan fingerprint density at radius 1 is 1.00 bits per heavy atom. The van der Waals surface area contributed by atoms with Crippen LogP contribution in [0.25, 0.3) is 0 Å². The summed E-state index contributed by atoms with van der Waals surface area (Å²) < 4.78 is 26.0. The first-order valence-electron chi connectivity index (χ1n) is 20.7. The summed E-state index contributed by atoms with van der Waals surface area (Å²) in [5.41, 5.74) is 4.04. The number of carbonyl (C=O) groups excluding carboxylic acids is 2. The van der Waals surface area contributed by atoms with Crippen LogP contribution in [-0.4, -0.2) is 78.8 Å². The highest BCUT2D eigenvalue weighted by Crippen LogP contribution is 2.62. The molecule has 0 aromatic heterocycles. The summed E-state index contributed by atoms with van der Waals surface area (Å²) in [4.78, 5) is 33.9. The van der Waals surface area contributed by atoms with E-state index in [9.17, 15) is 19.8 Å². The van der Waals surface area contributed by atoms with E-state index in [-0.39, 0.29) is 56.0 Å². The Hall–Kier alpha value is -4.97. The number of aliphatic hydroxyl groups excluding tert-OH is 2. The van der Waals surface area contributed by atoms with Gasteiger partial charge in [0.05, 0.1) is 30.9 Å². The number of ether oxygens (including phenoxy) is 4. The normalized spacial score (nSPS) is 25.1. The molecule has 0 bridgehead atoms. The number of benzene rings is 3. The number of aldehydes is 1. The number of allylic oxidation sites excluding steroid dienone is 1. The van der Waals surface area contributed by atoms with Gasteiger partial charge in [0.15, 0.2) is 6.29 Å². The molecule has 308 valence electrons. The quantitative estimate of drug-likeness (QED) is 0.0505. The number of nitrogens with zero attached hydrogens (tertiary/aromatic N) is 2. The first-order chi connectivity index (χ1) is 28.3. The van der Waals surface area contributed by atoms with Crippen molar-refractivity contribution in [1.29, 1.82) is 0 Å². The van der Waals surface area contributed by atoms with Gasteiger partial charge in [-0.25, -0.2) is 0 Å². The van der Waals surface area contributed by atoms with E-state index >= 15 is 0 Å². The van der Waals surface area contributed by atoms with Gasteiger partial charge in [0.25, 0.3) is 0 Å².